The molecule has 0 spiro atoms. The Morgan fingerprint density at radius 2 is 2.03 bits per heavy atom. The number of ether oxygens (including phenoxy) is 1. The number of hydrogen-bond donors (Lipinski definition) is 2. The van der Waals surface area contributed by atoms with Gasteiger partial charge in [-0.15, -0.1) is 0 Å². The Labute approximate surface area is 184 Å². The lowest BCUT2D eigenvalue weighted by Crippen LogP contribution is -2.45. The molecule has 0 aliphatic carbocycles. The molecule has 162 valence electrons. The molecule has 0 aliphatic heterocycles. The SMILES string of the molecule is CCC(OC(=O)C(CCSC)NC(=O)c1ccccc1Cl)C(=O)Nc1cc(C)on1. The van der Waals surface area contributed by atoms with Crippen molar-refractivity contribution >= 4 is 47.0 Å². The summed E-state index contributed by atoms with van der Waals surface area (Å²) in [6, 6.07) is 7.18. The topological polar surface area (TPSA) is 111 Å². The summed E-state index contributed by atoms with van der Waals surface area (Å²) in [6.07, 6.45) is 1.45. The Morgan fingerprint density at radius 1 is 1.30 bits per heavy atom. The fourth-order valence-electron chi connectivity index (χ4n) is 2.54. The quantitative estimate of drug-likeness (QED) is 0.530. The number of hydrogen-bond acceptors (Lipinski definition) is 7. The van der Waals surface area contributed by atoms with Crippen molar-refractivity contribution < 1.29 is 23.6 Å². The van der Waals surface area contributed by atoms with E-state index < -0.39 is 29.9 Å². The highest BCUT2D eigenvalue weighted by atomic mass is 35.5. The van der Waals surface area contributed by atoms with Crippen LogP contribution in [-0.4, -0.2) is 47.1 Å². The first kappa shape index (κ1) is 23.8. The molecule has 2 unspecified atom stereocenters. The molecule has 0 bridgehead atoms. The van der Waals surface area contributed by atoms with Gasteiger partial charge in [0.05, 0.1) is 10.6 Å². The minimum absolute atomic E-state index is 0.234. The minimum Gasteiger partial charge on any atom is -0.451 e. The van der Waals surface area contributed by atoms with Crippen LogP contribution in [-0.2, 0) is 14.3 Å². The first-order valence-electron chi connectivity index (χ1n) is 9.34. The zero-order valence-corrected chi connectivity index (χ0v) is 18.5. The summed E-state index contributed by atoms with van der Waals surface area (Å²) < 4.78 is 10.3. The lowest BCUT2D eigenvalue weighted by atomic mass is 10.1. The number of rotatable bonds is 10. The van der Waals surface area contributed by atoms with Gasteiger partial charge in [0, 0.05) is 6.07 Å². The van der Waals surface area contributed by atoms with Crippen molar-refractivity contribution in [2.45, 2.75) is 38.8 Å². The van der Waals surface area contributed by atoms with Crippen molar-refractivity contribution in [3.63, 3.8) is 0 Å². The third kappa shape index (κ3) is 6.77. The van der Waals surface area contributed by atoms with Gasteiger partial charge in [0.1, 0.15) is 11.8 Å². The summed E-state index contributed by atoms with van der Waals surface area (Å²) in [5, 5.41) is 9.17. The van der Waals surface area contributed by atoms with Crippen LogP contribution in [0, 0.1) is 6.92 Å². The second kappa shape index (κ2) is 11.6. The predicted molar refractivity (Wildman–Crippen MR) is 116 cm³/mol. The van der Waals surface area contributed by atoms with E-state index in [9.17, 15) is 14.4 Å². The van der Waals surface area contributed by atoms with Crippen molar-refractivity contribution in [1.82, 2.24) is 10.5 Å². The number of aryl methyl sites for hydroxylation is 1. The van der Waals surface area contributed by atoms with Crippen molar-refractivity contribution in [3.8, 4) is 0 Å². The average molecular weight is 454 g/mol. The fourth-order valence-corrected chi connectivity index (χ4v) is 3.24. The lowest BCUT2D eigenvalue weighted by Gasteiger charge is -2.21. The van der Waals surface area contributed by atoms with Crippen LogP contribution in [0.5, 0.6) is 0 Å². The third-order valence-electron chi connectivity index (χ3n) is 4.12. The summed E-state index contributed by atoms with van der Waals surface area (Å²) in [5.41, 5.74) is 0.257. The number of nitrogens with one attached hydrogen (secondary N) is 2. The van der Waals surface area contributed by atoms with Gasteiger partial charge in [0.15, 0.2) is 11.9 Å². The fraction of sp³-hybridized carbons (Fsp3) is 0.400. The molecule has 1 heterocycles. The number of benzene rings is 1. The molecule has 0 radical (unpaired) electrons. The molecule has 0 fully saturated rings. The first-order chi connectivity index (χ1) is 14.3. The molecule has 2 N–H and O–H groups in total. The molecule has 0 saturated heterocycles. The van der Waals surface area contributed by atoms with Crippen LogP contribution in [0.4, 0.5) is 5.82 Å². The summed E-state index contributed by atoms with van der Waals surface area (Å²) in [7, 11) is 0. The van der Waals surface area contributed by atoms with Gasteiger partial charge in [-0.05, 0) is 43.9 Å². The van der Waals surface area contributed by atoms with E-state index in [2.05, 4.69) is 15.8 Å². The number of esters is 1. The Kier molecular flexibility index (Phi) is 9.19. The highest BCUT2D eigenvalue weighted by Gasteiger charge is 2.28. The molecule has 2 rings (SSSR count). The smallest absolute Gasteiger partial charge is 0.329 e. The van der Waals surface area contributed by atoms with E-state index in [1.807, 2.05) is 6.26 Å². The molecule has 0 aliphatic rings. The number of amides is 2. The molecule has 2 amide bonds. The maximum absolute atomic E-state index is 12.7. The second-order valence-corrected chi connectivity index (χ2v) is 7.83. The van der Waals surface area contributed by atoms with Crippen LogP contribution in [0.3, 0.4) is 0 Å². The van der Waals surface area contributed by atoms with E-state index >= 15 is 0 Å². The minimum atomic E-state index is -1.04. The predicted octanol–water partition coefficient (Wildman–Crippen LogP) is 3.45. The molecule has 2 aromatic rings. The van der Waals surface area contributed by atoms with E-state index in [-0.39, 0.29) is 22.8 Å². The van der Waals surface area contributed by atoms with Crippen LogP contribution in [0.1, 0.15) is 35.9 Å². The van der Waals surface area contributed by atoms with Crippen molar-refractivity contribution in [2.24, 2.45) is 0 Å². The Hall–Kier alpha value is -2.52. The van der Waals surface area contributed by atoms with E-state index in [0.29, 0.717) is 17.9 Å². The lowest BCUT2D eigenvalue weighted by molar-refractivity contribution is -0.156. The molecule has 10 heteroatoms. The van der Waals surface area contributed by atoms with Crippen LogP contribution in [0.15, 0.2) is 34.9 Å². The maximum Gasteiger partial charge on any atom is 0.329 e. The standard InChI is InChI=1S/C20H24ClN3O5S/c1-4-16(19(26)23-17-11-12(2)29-24-17)28-20(27)15(9-10-30-3)22-18(25)13-7-5-6-8-14(13)21/h5-8,11,15-16H,4,9-10H2,1-3H3,(H,22,25)(H,23,24,26). The number of aromatic nitrogens is 1. The monoisotopic (exact) mass is 453 g/mol. The Morgan fingerprint density at radius 3 is 2.63 bits per heavy atom. The highest BCUT2D eigenvalue weighted by Crippen LogP contribution is 2.16. The second-order valence-electron chi connectivity index (χ2n) is 6.43. The van der Waals surface area contributed by atoms with Crippen molar-refractivity contribution in [3.05, 3.63) is 46.7 Å². The molecule has 8 nitrogen and oxygen atoms in total. The van der Waals surface area contributed by atoms with Crippen LogP contribution >= 0.6 is 23.4 Å². The Balaban J connectivity index is 2.05. The van der Waals surface area contributed by atoms with Gasteiger partial charge in [-0.3, -0.25) is 9.59 Å². The van der Waals surface area contributed by atoms with Crippen LogP contribution < -0.4 is 10.6 Å². The molecule has 1 aromatic carbocycles. The zero-order chi connectivity index (χ0) is 22.1. The number of thioether (sulfide) groups is 1. The number of carbonyl (C=O) groups is 3. The van der Waals surface area contributed by atoms with Gasteiger partial charge in [-0.25, -0.2) is 4.79 Å². The number of carbonyl (C=O) groups excluding carboxylic acids is 3. The first-order valence-corrected chi connectivity index (χ1v) is 11.1. The number of nitrogens with zero attached hydrogens (tertiary/aromatic N) is 1. The van der Waals surface area contributed by atoms with Gasteiger partial charge in [0.25, 0.3) is 11.8 Å². The van der Waals surface area contributed by atoms with E-state index in [4.69, 9.17) is 20.9 Å². The molecule has 1 aromatic heterocycles. The third-order valence-corrected chi connectivity index (χ3v) is 5.09. The molecule has 2 atom stereocenters. The van der Waals surface area contributed by atoms with Gasteiger partial charge < -0.3 is 19.9 Å². The molecular formula is C20H24ClN3O5S. The molecule has 0 saturated carbocycles. The van der Waals surface area contributed by atoms with Gasteiger partial charge >= 0.3 is 5.97 Å². The molecule has 30 heavy (non-hydrogen) atoms. The number of halogens is 1. The summed E-state index contributed by atoms with van der Waals surface area (Å²) in [6.45, 7) is 3.41. The van der Waals surface area contributed by atoms with Crippen LogP contribution in [0.2, 0.25) is 5.02 Å². The van der Waals surface area contributed by atoms with Crippen LogP contribution in [0.25, 0.3) is 0 Å². The Bertz CT molecular complexity index is 889. The van der Waals surface area contributed by atoms with E-state index in [1.54, 1.807) is 44.2 Å². The highest BCUT2D eigenvalue weighted by molar-refractivity contribution is 7.98. The van der Waals surface area contributed by atoms with Gasteiger partial charge in [-0.2, -0.15) is 11.8 Å². The normalized spacial score (nSPS) is 12.7. The van der Waals surface area contributed by atoms with Gasteiger partial charge in [-0.1, -0.05) is 35.8 Å². The van der Waals surface area contributed by atoms with E-state index in [1.165, 1.54) is 11.8 Å². The molecular weight excluding hydrogens is 430 g/mol. The summed E-state index contributed by atoms with van der Waals surface area (Å²) in [4.78, 5) is 37.7. The van der Waals surface area contributed by atoms with Crippen molar-refractivity contribution in [1.29, 1.82) is 0 Å². The number of anilines is 1. The maximum atomic E-state index is 12.7. The largest absolute Gasteiger partial charge is 0.451 e. The summed E-state index contributed by atoms with van der Waals surface area (Å²) in [5.74, 6) is -0.320. The average Bonchev–Trinajstić information content (AvgIpc) is 3.13. The van der Waals surface area contributed by atoms with Gasteiger partial charge in [0.2, 0.25) is 0 Å². The van der Waals surface area contributed by atoms with E-state index in [0.717, 1.165) is 0 Å². The van der Waals surface area contributed by atoms with Crippen molar-refractivity contribution in [2.75, 3.05) is 17.3 Å². The summed E-state index contributed by atoms with van der Waals surface area (Å²) >= 11 is 7.59. The zero-order valence-electron chi connectivity index (χ0n) is 16.9.